The van der Waals surface area contributed by atoms with Crippen LogP contribution in [0.1, 0.15) is 5.56 Å². The van der Waals surface area contributed by atoms with E-state index in [2.05, 4.69) is 15.4 Å². The zero-order valence-corrected chi connectivity index (χ0v) is 18.1. The monoisotopic (exact) mass is 461 g/mol. The first-order valence-electron chi connectivity index (χ1n) is 8.70. The molecular formula is C21H17Cl2N3O3S. The van der Waals surface area contributed by atoms with Crippen LogP contribution in [0.5, 0.6) is 0 Å². The minimum absolute atomic E-state index is 0.244. The molecule has 1 unspecified atom stereocenters. The largest absolute Gasteiger partial charge is 0.323 e. The number of urea groups is 1. The summed E-state index contributed by atoms with van der Waals surface area (Å²) in [4.78, 5) is 23.9. The van der Waals surface area contributed by atoms with Gasteiger partial charge in [0.05, 0.1) is 14.9 Å². The highest BCUT2D eigenvalue weighted by molar-refractivity contribution is 8.01. The molecule has 0 spiro atoms. The number of nitrogens with one attached hydrogen (secondary N) is 3. The SMILES string of the molecule is Cc1ccc(NS(=O)(=C=O)c2ccc(NC(=O)Nc3ccc(Cl)c(Cl)c3)cc2)cc1. The summed E-state index contributed by atoms with van der Waals surface area (Å²) in [6.45, 7) is 1.93. The van der Waals surface area contributed by atoms with Crippen LogP contribution in [-0.4, -0.2) is 15.5 Å². The van der Waals surface area contributed by atoms with E-state index in [0.717, 1.165) is 5.56 Å². The van der Waals surface area contributed by atoms with Crippen LogP contribution in [0.2, 0.25) is 10.0 Å². The third-order valence-corrected chi connectivity index (χ3v) is 6.48. The van der Waals surface area contributed by atoms with Gasteiger partial charge in [-0.15, -0.1) is 0 Å². The van der Waals surface area contributed by atoms with E-state index in [1.54, 1.807) is 29.5 Å². The van der Waals surface area contributed by atoms with Gasteiger partial charge < -0.3 is 15.4 Å². The van der Waals surface area contributed by atoms with E-state index < -0.39 is 15.7 Å². The lowest BCUT2D eigenvalue weighted by Gasteiger charge is -2.12. The summed E-state index contributed by atoms with van der Waals surface area (Å²) < 4.78 is 15.7. The molecule has 154 valence electrons. The maximum absolute atomic E-state index is 13.0. The Morgan fingerprint density at radius 1 is 0.833 bits per heavy atom. The molecule has 0 aliphatic heterocycles. The molecule has 3 aromatic rings. The predicted molar refractivity (Wildman–Crippen MR) is 122 cm³/mol. The quantitative estimate of drug-likeness (QED) is 0.426. The molecule has 0 aliphatic rings. The summed E-state index contributed by atoms with van der Waals surface area (Å²) in [5.74, 6) is 0. The van der Waals surface area contributed by atoms with Crippen LogP contribution < -0.4 is 15.4 Å². The lowest BCUT2D eigenvalue weighted by molar-refractivity contribution is 0.262. The Balaban J connectivity index is 1.70. The maximum Gasteiger partial charge on any atom is 0.323 e. The minimum atomic E-state index is -3.29. The number of anilines is 3. The zero-order chi connectivity index (χ0) is 21.7. The van der Waals surface area contributed by atoms with Crippen molar-refractivity contribution in [3.63, 3.8) is 0 Å². The molecule has 30 heavy (non-hydrogen) atoms. The average molecular weight is 462 g/mol. The molecule has 0 bridgehead atoms. The van der Waals surface area contributed by atoms with Gasteiger partial charge in [-0.25, -0.2) is 13.8 Å². The van der Waals surface area contributed by atoms with Gasteiger partial charge in [0.1, 0.15) is 0 Å². The van der Waals surface area contributed by atoms with Crippen LogP contribution in [0.4, 0.5) is 21.9 Å². The summed E-state index contributed by atoms with van der Waals surface area (Å²) in [6.07, 6.45) is 0. The second-order valence-electron chi connectivity index (χ2n) is 6.34. The maximum atomic E-state index is 13.0. The summed E-state index contributed by atoms with van der Waals surface area (Å²) >= 11 is 11.8. The molecule has 0 saturated carbocycles. The summed E-state index contributed by atoms with van der Waals surface area (Å²) in [5, 5.41) is 7.57. The second kappa shape index (κ2) is 9.24. The summed E-state index contributed by atoms with van der Waals surface area (Å²) in [6, 6.07) is 17.4. The van der Waals surface area contributed by atoms with Crippen LogP contribution in [0.25, 0.3) is 0 Å². The van der Waals surface area contributed by atoms with Gasteiger partial charge in [-0.2, -0.15) is 0 Å². The minimum Gasteiger partial charge on any atom is -0.308 e. The number of hydrogen-bond donors (Lipinski definition) is 3. The van der Waals surface area contributed by atoms with Gasteiger partial charge in [-0.05, 0) is 61.5 Å². The number of aryl methyl sites for hydroxylation is 1. The lowest BCUT2D eigenvalue weighted by atomic mass is 10.2. The molecule has 9 heteroatoms. The second-order valence-corrected chi connectivity index (χ2v) is 9.11. The molecule has 0 heterocycles. The fourth-order valence-electron chi connectivity index (χ4n) is 2.51. The number of carbonyl (C=O) groups is 1. The third kappa shape index (κ3) is 5.34. The Labute approximate surface area is 184 Å². The molecule has 3 rings (SSSR count). The smallest absolute Gasteiger partial charge is 0.308 e. The zero-order valence-electron chi connectivity index (χ0n) is 15.7. The Morgan fingerprint density at radius 3 is 2.00 bits per heavy atom. The van der Waals surface area contributed by atoms with E-state index in [1.165, 1.54) is 30.3 Å². The van der Waals surface area contributed by atoms with Crippen LogP contribution in [0, 0.1) is 6.92 Å². The van der Waals surface area contributed by atoms with E-state index in [0.29, 0.717) is 27.1 Å². The Morgan fingerprint density at radius 2 is 1.40 bits per heavy atom. The van der Waals surface area contributed by atoms with Gasteiger partial charge in [0.25, 0.3) is 0 Å². The lowest BCUT2D eigenvalue weighted by Crippen LogP contribution is -2.19. The first-order valence-corrected chi connectivity index (χ1v) is 11.0. The topological polar surface area (TPSA) is 87.3 Å². The molecule has 0 aromatic heterocycles. The number of hydrogen-bond acceptors (Lipinski definition) is 3. The number of carbonyl (C=O) groups excluding carboxylic acids is 2. The third-order valence-electron chi connectivity index (χ3n) is 4.05. The molecular weight excluding hydrogens is 445 g/mol. The molecule has 2 amide bonds. The summed E-state index contributed by atoms with van der Waals surface area (Å²) in [5.41, 5.74) is 2.49. The molecule has 3 aromatic carbocycles. The van der Waals surface area contributed by atoms with Crippen molar-refractivity contribution in [3.05, 3.63) is 82.3 Å². The highest BCUT2D eigenvalue weighted by Crippen LogP contribution is 2.25. The van der Waals surface area contributed by atoms with E-state index in [9.17, 15) is 13.8 Å². The highest BCUT2D eigenvalue weighted by atomic mass is 35.5. The fraction of sp³-hybridized carbons (Fsp3) is 0.0476. The van der Waals surface area contributed by atoms with E-state index in [-0.39, 0.29) is 4.90 Å². The van der Waals surface area contributed by atoms with E-state index in [4.69, 9.17) is 23.2 Å². The van der Waals surface area contributed by atoms with Crippen LogP contribution in [-0.2, 0) is 14.5 Å². The van der Waals surface area contributed by atoms with Gasteiger partial charge >= 0.3 is 6.03 Å². The predicted octanol–water partition coefficient (Wildman–Crippen LogP) is 5.68. The van der Waals surface area contributed by atoms with Crippen molar-refractivity contribution in [2.75, 3.05) is 15.4 Å². The van der Waals surface area contributed by atoms with Gasteiger partial charge in [0, 0.05) is 17.1 Å². The van der Waals surface area contributed by atoms with E-state index >= 15 is 0 Å². The van der Waals surface area contributed by atoms with Crippen molar-refractivity contribution in [1.29, 1.82) is 0 Å². The molecule has 0 fully saturated rings. The molecule has 1 atom stereocenters. The van der Waals surface area contributed by atoms with Crippen LogP contribution >= 0.6 is 23.2 Å². The number of amides is 2. The standard InChI is InChI=1S/C21H17Cl2N3O3S/c1-14-2-4-16(5-3-14)26-30(29,13-27)18-9-6-15(7-10-18)24-21(28)25-17-8-11-19(22)20(23)12-17/h2-12H,1H3,(H,26,29)(H2,24,25,28). The average Bonchev–Trinajstić information content (AvgIpc) is 2.73. The van der Waals surface area contributed by atoms with Crippen LogP contribution in [0.3, 0.4) is 0 Å². The van der Waals surface area contributed by atoms with Crippen molar-refractivity contribution < 1.29 is 13.8 Å². The van der Waals surface area contributed by atoms with Gasteiger partial charge in [0.15, 0.2) is 9.71 Å². The van der Waals surface area contributed by atoms with Crippen molar-refractivity contribution in [1.82, 2.24) is 0 Å². The first-order chi connectivity index (χ1) is 14.3. The molecule has 0 saturated heterocycles. The molecule has 3 N–H and O–H groups in total. The first kappa shape index (κ1) is 21.7. The molecule has 0 radical (unpaired) electrons. The number of rotatable bonds is 5. The van der Waals surface area contributed by atoms with Crippen molar-refractivity contribution >= 4 is 61.2 Å². The summed E-state index contributed by atoms with van der Waals surface area (Å²) in [7, 11) is -3.29. The number of benzene rings is 3. The Kier molecular flexibility index (Phi) is 6.70. The molecule has 6 nitrogen and oxygen atoms in total. The van der Waals surface area contributed by atoms with Crippen molar-refractivity contribution in [3.8, 4) is 0 Å². The van der Waals surface area contributed by atoms with Crippen molar-refractivity contribution in [2.45, 2.75) is 11.8 Å². The van der Waals surface area contributed by atoms with Crippen LogP contribution in [0.15, 0.2) is 71.6 Å². The van der Waals surface area contributed by atoms with Gasteiger partial charge in [0.2, 0.25) is 5.23 Å². The number of halogens is 2. The van der Waals surface area contributed by atoms with Gasteiger partial charge in [-0.1, -0.05) is 40.9 Å². The Bertz CT molecular complexity index is 1220. The normalized spacial score (nSPS) is 12.4. The molecule has 0 aliphatic carbocycles. The Hall–Kier alpha value is -2.96. The highest BCUT2D eigenvalue weighted by Gasteiger charge is 2.13. The fourth-order valence-corrected chi connectivity index (χ4v) is 4.05. The van der Waals surface area contributed by atoms with Gasteiger partial charge in [-0.3, -0.25) is 0 Å². The van der Waals surface area contributed by atoms with Crippen molar-refractivity contribution in [2.24, 2.45) is 0 Å². The van der Waals surface area contributed by atoms with E-state index in [1.807, 2.05) is 19.1 Å².